The molecule has 0 aliphatic carbocycles. The van der Waals surface area contributed by atoms with Gasteiger partial charge in [-0.3, -0.25) is 0 Å². The fourth-order valence-electron chi connectivity index (χ4n) is 3.13. The molecule has 1 atom stereocenters. The van der Waals surface area contributed by atoms with Gasteiger partial charge in [-0.1, -0.05) is 0 Å². The maximum Gasteiger partial charge on any atom is 0.315 e. The SMILES string of the molecule is Cc1cc2cc(CNC(=O)N[C@@H]3CCCN(C(N)=O)C3)[nH]c2cc1F. The second-order valence-electron chi connectivity index (χ2n) is 6.43. The Bertz CT molecular complexity index is 765. The zero-order chi connectivity index (χ0) is 18.0. The van der Waals surface area contributed by atoms with Crippen LogP contribution in [0.25, 0.3) is 10.9 Å². The molecule has 1 aliphatic heterocycles. The number of nitrogens with zero attached hydrogens (tertiary/aromatic N) is 1. The van der Waals surface area contributed by atoms with Crippen LogP contribution >= 0.6 is 0 Å². The number of hydrogen-bond acceptors (Lipinski definition) is 2. The lowest BCUT2D eigenvalue weighted by Crippen LogP contribution is -2.52. The number of urea groups is 2. The Kier molecular flexibility index (Phi) is 4.78. The molecule has 1 aromatic heterocycles. The molecule has 134 valence electrons. The first-order valence-corrected chi connectivity index (χ1v) is 8.29. The summed E-state index contributed by atoms with van der Waals surface area (Å²) in [4.78, 5) is 27.9. The normalized spacial score (nSPS) is 17.5. The lowest BCUT2D eigenvalue weighted by Gasteiger charge is -2.31. The number of likely N-dealkylation sites (tertiary alicyclic amines) is 1. The summed E-state index contributed by atoms with van der Waals surface area (Å²) in [5.41, 5.74) is 7.35. The van der Waals surface area contributed by atoms with Crippen molar-refractivity contribution in [1.82, 2.24) is 20.5 Å². The van der Waals surface area contributed by atoms with Crippen LogP contribution in [0, 0.1) is 12.7 Å². The lowest BCUT2D eigenvalue weighted by atomic mass is 10.1. The molecular formula is C17H22FN5O2. The number of carbonyl (C=O) groups excluding carboxylic acids is 2. The third-order valence-electron chi connectivity index (χ3n) is 4.46. The van der Waals surface area contributed by atoms with Crippen LogP contribution in [0.15, 0.2) is 18.2 Å². The van der Waals surface area contributed by atoms with E-state index in [4.69, 9.17) is 5.73 Å². The van der Waals surface area contributed by atoms with Crippen LogP contribution in [-0.2, 0) is 6.54 Å². The van der Waals surface area contributed by atoms with Gasteiger partial charge >= 0.3 is 12.1 Å². The molecule has 0 unspecified atom stereocenters. The van der Waals surface area contributed by atoms with Crippen LogP contribution in [0.1, 0.15) is 24.1 Å². The van der Waals surface area contributed by atoms with Crippen LogP contribution in [0.2, 0.25) is 0 Å². The number of nitrogens with one attached hydrogen (secondary N) is 3. The second kappa shape index (κ2) is 7.00. The lowest BCUT2D eigenvalue weighted by molar-refractivity contribution is 0.179. The molecule has 1 aromatic carbocycles. The van der Waals surface area contributed by atoms with E-state index in [1.54, 1.807) is 13.0 Å². The largest absolute Gasteiger partial charge is 0.357 e. The van der Waals surface area contributed by atoms with Crippen LogP contribution < -0.4 is 16.4 Å². The summed E-state index contributed by atoms with van der Waals surface area (Å²) in [6, 6.07) is 4.22. The van der Waals surface area contributed by atoms with Gasteiger partial charge in [0.25, 0.3) is 0 Å². The standard InChI is InChI=1S/C17H22FN5O2/c1-10-5-11-6-13(21-15(11)7-14(10)18)8-20-17(25)22-12-3-2-4-23(9-12)16(19)24/h5-7,12,21H,2-4,8-9H2,1H3,(H2,19,24)(H2,20,22,25)/t12-/m1/s1. The number of halogens is 1. The van der Waals surface area contributed by atoms with Crippen molar-refractivity contribution in [3.8, 4) is 0 Å². The third kappa shape index (κ3) is 4.01. The Morgan fingerprint density at radius 2 is 2.20 bits per heavy atom. The fourth-order valence-corrected chi connectivity index (χ4v) is 3.13. The average molecular weight is 347 g/mol. The van der Waals surface area contributed by atoms with Crippen molar-refractivity contribution in [2.24, 2.45) is 5.73 Å². The maximum absolute atomic E-state index is 13.6. The Balaban J connectivity index is 1.54. The van der Waals surface area contributed by atoms with Gasteiger partial charge in [0.1, 0.15) is 5.82 Å². The van der Waals surface area contributed by atoms with Gasteiger partial charge in [-0.05, 0) is 43.5 Å². The minimum atomic E-state index is -0.465. The number of benzene rings is 1. The first kappa shape index (κ1) is 17.1. The summed E-state index contributed by atoms with van der Waals surface area (Å²) >= 11 is 0. The van der Waals surface area contributed by atoms with Gasteiger partial charge in [0.15, 0.2) is 0 Å². The molecule has 8 heteroatoms. The third-order valence-corrected chi connectivity index (χ3v) is 4.46. The number of nitrogens with two attached hydrogens (primary N) is 1. The number of aryl methyl sites for hydroxylation is 1. The molecule has 4 amide bonds. The molecule has 0 radical (unpaired) electrons. The van der Waals surface area contributed by atoms with E-state index in [-0.39, 0.29) is 17.9 Å². The average Bonchev–Trinajstić information content (AvgIpc) is 2.95. The zero-order valence-corrected chi connectivity index (χ0v) is 14.1. The number of carbonyl (C=O) groups is 2. The van der Waals surface area contributed by atoms with Crippen LogP contribution in [0.4, 0.5) is 14.0 Å². The van der Waals surface area contributed by atoms with Crippen molar-refractivity contribution in [3.63, 3.8) is 0 Å². The number of aromatic nitrogens is 1. The van der Waals surface area contributed by atoms with Crippen LogP contribution in [0.5, 0.6) is 0 Å². The van der Waals surface area contributed by atoms with Gasteiger partial charge in [-0.2, -0.15) is 0 Å². The molecule has 2 heterocycles. The van der Waals surface area contributed by atoms with Gasteiger partial charge in [-0.25, -0.2) is 14.0 Å². The number of hydrogen-bond donors (Lipinski definition) is 4. The molecule has 1 fully saturated rings. The molecule has 0 saturated carbocycles. The molecular weight excluding hydrogens is 325 g/mol. The van der Waals surface area contributed by atoms with Crippen molar-refractivity contribution < 1.29 is 14.0 Å². The summed E-state index contributed by atoms with van der Waals surface area (Å²) in [6.45, 7) is 3.06. The Morgan fingerprint density at radius 3 is 2.96 bits per heavy atom. The van der Waals surface area contributed by atoms with Gasteiger partial charge in [-0.15, -0.1) is 0 Å². The summed E-state index contributed by atoms with van der Waals surface area (Å²) in [6.07, 6.45) is 1.61. The summed E-state index contributed by atoms with van der Waals surface area (Å²) in [5, 5.41) is 6.53. The van der Waals surface area contributed by atoms with E-state index >= 15 is 0 Å². The van der Waals surface area contributed by atoms with Gasteiger partial charge in [0.05, 0.1) is 6.54 Å². The van der Waals surface area contributed by atoms with Crippen molar-refractivity contribution >= 4 is 23.0 Å². The zero-order valence-electron chi connectivity index (χ0n) is 14.1. The van der Waals surface area contributed by atoms with Gasteiger partial charge in [0, 0.05) is 35.7 Å². The van der Waals surface area contributed by atoms with E-state index in [0.29, 0.717) is 30.7 Å². The molecule has 2 aromatic rings. The number of primary amides is 1. The van der Waals surface area contributed by atoms with Crippen molar-refractivity contribution in [2.75, 3.05) is 13.1 Å². The fraction of sp³-hybridized carbons (Fsp3) is 0.412. The summed E-state index contributed by atoms with van der Waals surface area (Å²) in [7, 11) is 0. The molecule has 0 spiro atoms. The minimum absolute atomic E-state index is 0.110. The Hall–Kier alpha value is -2.77. The second-order valence-corrected chi connectivity index (χ2v) is 6.43. The topological polar surface area (TPSA) is 103 Å². The highest BCUT2D eigenvalue weighted by atomic mass is 19.1. The predicted octanol–water partition coefficient (Wildman–Crippen LogP) is 1.96. The minimum Gasteiger partial charge on any atom is -0.357 e. The maximum atomic E-state index is 13.6. The Labute approximate surface area is 144 Å². The highest BCUT2D eigenvalue weighted by molar-refractivity contribution is 5.81. The van der Waals surface area contributed by atoms with Crippen LogP contribution in [-0.4, -0.2) is 41.1 Å². The highest BCUT2D eigenvalue weighted by Crippen LogP contribution is 2.19. The number of amides is 4. The van der Waals surface area contributed by atoms with Crippen molar-refractivity contribution in [3.05, 3.63) is 35.3 Å². The van der Waals surface area contributed by atoms with E-state index in [1.807, 2.05) is 6.07 Å². The number of aromatic amines is 1. The monoisotopic (exact) mass is 347 g/mol. The van der Waals surface area contributed by atoms with Crippen molar-refractivity contribution in [2.45, 2.75) is 32.4 Å². The molecule has 7 nitrogen and oxygen atoms in total. The van der Waals surface area contributed by atoms with Gasteiger partial charge in [0.2, 0.25) is 0 Å². The number of rotatable bonds is 3. The molecule has 1 saturated heterocycles. The predicted molar refractivity (Wildman–Crippen MR) is 92.5 cm³/mol. The summed E-state index contributed by atoms with van der Waals surface area (Å²) in [5.74, 6) is -0.261. The van der Waals surface area contributed by atoms with Crippen molar-refractivity contribution in [1.29, 1.82) is 0 Å². The molecule has 0 bridgehead atoms. The molecule has 5 N–H and O–H groups in total. The molecule has 25 heavy (non-hydrogen) atoms. The molecule has 1 aliphatic rings. The van der Waals surface area contributed by atoms with Crippen LogP contribution in [0.3, 0.4) is 0 Å². The van der Waals surface area contributed by atoms with E-state index in [0.717, 1.165) is 23.9 Å². The van der Waals surface area contributed by atoms with E-state index in [2.05, 4.69) is 15.6 Å². The Morgan fingerprint density at radius 1 is 1.40 bits per heavy atom. The van der Waals surface area contributed by atoms with E-state index in [9.17, 15) is 14.0 Å². The first-order valence-electron chi connectivity index (χ1n) is 8.29. The number of piperidine rings is 1. The summed E-state index contributed by atoms with van der Waals surface area (Å²) < 4.78 is 13.6. The van der Waals surface area contributed by atoms with Gasteiger partial charge < -0.3 is 26.3 Å². The first-order chi connectivity index (χ1) is 11.9. The smallest absolute Gasteiger partial charge is 0.315 e. The number of H-pyrrole nitrogens is 1. The molecule has 3 rings (SSSR count). The highest BCUT2D eigenvalue weighted by Gasteiger charge is 2.23. The number of fused-ring (bicyclic) bond motifs is 1. The quantitative estimate of drug-likeness (QED) is 0.682. The van der Waals surface area contributed by atoms with E-state index < -0.39 is 6.03 Å². The van der Waals surface area contributed by atoms with E-state index in [1.165, 1.54) is 11.0 Å².